The first-order valence-electron chi connectivity index (χ1n) is 11.4. The molecule has 2 aliphatic carbocycles. The lowest BCUT2D eigenvalue weighted by atomic mass is 10.0. The molecule has 0 spiro atoms. The minimum atomic E-state index is -0.411. The molecule has 180 valence electrons. The van der Waals surface area contributed by atoms with Crippen LogP contribution in [0.25, 0.3) is 44.9 Å². The molecule has 5 nitrogen and oxygen atoms in total. The van der Waals surface area contributed by atoms with Crippen LogP contribution in [0.4, 0.5) is 0 Å². The summed E-state index contributed by atoms with van der Waals surface area (Å²) < 4.78 is 11.4. The van der Waals surface area contributed by atoms with Crippen LogP contribution in [0.1, 0.15) is 0 Å². The second-order valence-corrected chi connectivity index (χ2v) is 10.6. The van der Waals surface area contributed by atoms with Crippen LogP contribution in [0.5, 0.6) is 5.75 Å². The zero-order chi connectivity index (χ0) is 25.4. The zero-order valence-electron chi connectivity index (χ0n) is 19.3. The molecule has 2 heterocycles. The summed E-state index contributed by atoms with van der Waals surface area (Å²) in [6, 6.07) is 31.8. The normalized spacial score (nSPS) is 11.2. The first-order chi connectivity index (χ1) is 18.1. The van der Waals surface area contributed by atoms with Crippen LogP contribution in [-0.4, -0.2) is 5.11 Å². The molecule has 37 heavy (non-hydrogen) atoms. The van der Waals surface area contributed by atoms with E-state index in [1.165, 1.54) is 10.8 Å². The van der Waals surface area contributed by atoms with E-state index >= 15 is 0 Å². The number of hydrogen-bond acceptors (Lipinski definition) is 7. The highest BCUT2D eigenvalue weighted by atomic mass is 33.1. The molecule has 0 amide bonds. The van der Waals surface area contributed by atoms with Gasteiger partial charge in [0.1, 0.15) is 17.3 Å². The standard InChI is InChI=1S/C30H19NO4S2/c31-29-27(18-6-2-1-3-7-18)23-10-4-8-21(16-25(23)34-29)36-37-22-9-5-11-24-26(17-22)35-30(33)28(24)19-12-14-20(32)15-13-19/h1-17,31-32H. The zero-order valence-corrected chi connectivity index (χ0v) is 20.9. The topological polar surface area (TPSA) is 87.4 Å². The van der Waals surface area contributed by atoms with E-state index in [9.17, 15) is 9.90 Å². The minimum Gasteiger partial charge on any atom is -0.508 e. The summed E-state index contributed by atoms with van der Waals surface area (Å²) in [6.07, 6.45) is 0. The highest BCUT2D eigenvalue weighted by molar-refractivity contribution is 8.76. The van der Waals surface area contributed by atoms with E-state index in [4.69, 9.17) is 14.2 Å². The molecule has 2 aromatic rings. The Morgan fingerprint density at radius 1 is 0.622 bits per heavy atom. The van der Waals surface area contributed by atoms with Crippen molar-refractivity contribution in [2.24, 2.45) is 0 Å². The number of rotatable bonds is 5. The van der Waals surface area contributed by atoms with Crippen molar-refractivity contribution >= 4 is 21.6 Å². The summed E-state index contributed by atoms with van der Waals surface area (Å²) in [4.78, 5) is 14.5. The van der Waals surface area contributed by atoms with Crippen LogP contribution < -0.4 is 11.2 Å². The Morgan fingerprint density at radius 3 is 1.84 bits per heavy atom. The number of nitrogens with one attached hydrogen (secondary N) is 1. The van der Waals surface area contributed by atoms with Crippen LogP contribution in [0.2, 0.25) is 0 Å². The molecule has 2 aliphatic heterocycles. The maximum absolute atomic E-state index is 12.6. The number of benzene rings is 2. The van der Waals surface area contributed by atoms with Gasteiger partial charge in [-0.3, -0.25) is 5.41 Å². The molecule has 0 bridgehead atoms. The number of hydrogen-bond donors (Lipinski definition) is 2. The third kappa shape index (κ3) is 4.55. The minimum absolute atomic E-state index is 0.140. The van der Waals surface area contributed by atoms with Gasteiger partial charge in [0.05, 0.1) is 11.1 Å². The van der Waals surface area contributed by atoms with E-state index in [0.29, 0.717) is 28.2 Å². The summed E-state index contributed by atoms with van der Waals surface area (Å²) in [5, 5.41) is 18.0. The molecule has 0 atom stereocenters. The Balaban J connectivity index is 1.27. The van der Waals surface area contributed by atoms with Crippen LogP contribution >= 0.6 is 21.6 Å². The first kappa shape index (κ1) is 23.2. The number of fused-ring (bicyclic) bond motifs is 2. The summed E-state index contributed by atoms with van der Waals surface area (Å²) in [5.41, 5.74) is 4.24. The molecule has 2 aromatic carbocycles. The lowest BCUT2D eigenvalue weighted by Crippen LogP contribution is -1.95. The lowest BCUT2D eigenvalue weighted by molar-refractivity contribution is 0.475. The van der Waals surface area contributed by atoms with Gasteiger partial charge in [-0.1, -0.05) is 88.3 Å². The smallest absolute Gasteiger partial charge is 0.344 e. The predicted octanol–water partition coefficient (Wildman–Crippen LogP) is 7.76. The molecule has 0 unspecified atom stereocenters. The molecule has 2 N–H and O–H groups in total. The molecule has 0 saturated heterocycles. The van der Waals surface area contributed by atoms with E-state index in [-0.39, 0.29) is 11.3 Å². The van der Waals surface area contributed by atoms with Crippen molar-refractivity contribution < 1.29 is 13.9 Å². The molecule has 0 radical (unpaired) electrons. The number of aromatic hydroxyl groups is 1. The number of phenolic OH excluding ortho intramolecular Hbond substituents is 1. The third-order valence-electron chi connectivity index (χ3n) is 5.96. The summed E-state index contributed by atoms with van der Waals surface area (Å²) in [5.74, 6) is 1.29. The van der Waals surface area contributed by atoms with Gasteiger partial charge in [0.25, 0.3) is 0 Å². The van der Waals surface area contributed by atoms with Crippen LogP contribution in [0.3, 0.4) is 0 Å². The molecule has 0 fully saturated rings. The summed E-state index contributed by atoms with van der Waals surface area (Å²) in [7, 11) is 3.09. The lowest BCUT2D eigenvalue weighted by Gasteiger charge is -2.00. The van der Waals surface area contributed by atoms with Gasteiger partial charge < -0.3 is 13.9 Å². The van der Waals surface area contributed by atoms with Gasteiger partial charge in [0.2, 0.25) is 5.55 Å². The van der Waals surface area contributed by atoms with Crippen molar-refractivity contribution in [3.63, 3.8) is 0 Å². The molecular formula is C30H19NO4S2. The molecule has 7 heteroatoms. The van der Waals surface area contributed by atoms with Crippen LogP contribution in [0.15, 0.2) is 127 Å². The molecule has 4 aliphatic rings. The third-order valence-corrected chi connectivity index (χ3v) is 8.34. The van der Waals surface area contributed by atoms with Crippen molar-refractivity contribution in [2.75, 3.05) is 0 Å². The monoisotopic (exact) mass is 521 g/mol. The van der Waals surface area contributed by atoms with Crippen molar-refractivity contribution in [1.82, 2.24) is 0 Å². The Bertz CT molecular complexity index is 1780. The van der Waals surface area contributed by atoms with Gasteiger partial charge in [-0.15, -0.1) is 0 Å². The van der Waals surface area contributed by atoms with E-state index in [2.05, 4.69) is 0 Å². The van der Waals surface area contributed by atoms with Gasteiger partial charge in [-0.25, -0.2) is 4.79 Å². The van der Waals surface area contributed by atoms with Crippen molar-refractivity contribution in [3.8, 4) is 50.7 Å². The predicted molar refractivity (Wildman–Crippen MR) is 147 cm³/mol. The number of phenols is 1. The fourth-order valence-corrected chi connectivity index (χ4v) is 6.24. The average molecular weight is 522 g/mol. The van der Waals surface area contributed by atoms with Gasteiger partial charge in [0.15, 0.2) is 0 Å². The Hall–Kier alpha value is -4.20. The van der Waals surface area contributed by atoms with Crippen molar-refractivity contribution in [2.45, 2.75) is 9.79 Å². The molecule has 0 saturated carbocycles. The van der Waals surface area contributed by atoms with E-state index in [1.807, 2.05) is 78.9 Å². The average Bonchev–Trinajstić information content (AvgIpc) is 3.18. The molecule has 6 rings (SSSR count). The van der Waals surface area contributed by atoms with E-state index < -0.39 is 5.63 Å². The Morgan fingerprint density at radius 2 is 1.19 bits per heavy atom. The summed E-state index contributed by atoms with van der Waals surface area (Å²) in [6.45, 7) is 0. The highest BCUT2D eigenvalue weighted by Crippen LogP contribution is 2.42. The largest absolute Gasteiger partial charge is 0.508 e. The van der Waals surface area contributed by atoms with Gasteiger partial charge in [-0.2, -0.15) is 0 Å². The maximum Gasteiger partial charge on any atom is 0.344 e. The fraction of sp³-hybridized carbons (Fsp3) is 0. The Kier molecular flexibility index (Phi) is 6.08. The van der Waals surface area contributed by atoms with Crippen molar-refractivity contribution in [1.29, 1.82) is 5.41 Å². The quantitative estimate of drug-likeness (QED) is 0.225. The van der Waals surface area contributed by atoms with E-state index in [1.54, 1.807) is 35.1 Å². The van der Waals surface area contributed by atoms with E-state index in [0.717, 1.165) is 26.5 Å². The van der Waals surface area contributed by atoms with Gasteiger partial charge >= 0.3 is 5.63 Å². The SMILES string of the molecule is N=c1oc2cc(SSc3cccc4c(-c5ccc(O)cc5)c(=O)oc-4c3)cccc-2c1-c1ccccc1. The summed E-state index contributed by atoms with van der Waals surface area (Å²) >= 11 is 0. The fourth-order valence-electron chi connectivity index (χ4n) is 4.27. The van der Waals surface area contributed by atoms with Crippen LogP contribution in [-0.2, 0) is 0 Å². The number of furan rings is 2. The maximum atomic E-state index is 12.6. The second-order valence-electron chi connectivity index (χ2n) is 8.35. The molecular weight excluding hydrogens is 502 g/mol. The second kappa shape index (κ2) is 9.69. The van der Waals surface area contributed by atoms with Crippen molar-refractivity contribution in [3.05, 3.63) is 119 Å². The highest BCUT2D eigenvalue weighted by Gasteiger charge is 2.20. The van der Waals surface area contributed by atoms with Gasteiger partial charge in [-0.05, 0) is 47.5 Å². The van der Waals surface area contributed by atoms with Gasteiger partial charge in [0, 0.05) is 20.9 Å². The Labute approximate surface area is 220 Å². The van der Waals surface area contributed by atoms with Crippen LogP contribution in [0, 0.1) is 5.41 Å². The first-order valence-corrected chi connectivity index (χ1v) is 13.6. The molecule has 0 aromatic heterocycles.